The SMILES string of the molecule is Cc1ccc(C(=O)O)cc1OCC1CCCC1. The van der Waals surface area contributed by atoms with Crippen LogP contribution in [0.1, 0.15) is 41.6 Å². The Labute approximate surface area is 101 Å². The van der Waals surface area contributed by atoms with Crippen molar-refractivity contribution in [3.05, 3.63) is 29.3 Å². The van der Waals surface area contributed by atoms with E-state index >= 15 is 0 Å². The van der Waals surface area contributed by atoms with Gasteiger partial charge in [0, 0.05) is 0 Å². The van der Waals surface area contributed by atoms with Crippen molar-refractivity contribution in [2.45, 2.75) is 32.6 Å². The second-order valence-corrected chi connectivity index (χ2v) is 4.75. The Morgan fingerprint density at radius 2 is 2.12 bits per heavy atom. The average molecular weight is 234 g/mol. The lowest BCUT2D eigenvalue weighted by Crippen LogP contribution is -2.09. The smallest absolute Gasteiger partial charge is 0.335 e. The minimum absolute atomic E-state index is 0.289. The van der Waals surface area contributed by atoms with Crippen molar-refractivity contribution in [1.29, 1.82) is 0 Å². The van der Waals surface area contributed by atoms with Crippen LogP contribution >= 0.6 is 0 Å². The summed E-state index contributed by atoms with van der Waals surface area (Å²) >= 11 is 0. The second-order valence-electron chi connectivity index (χ2n) is 4.75. The van der Waals surface area contributed by atoms with E-state index in [9.17, 15) is 4.79 Å². The van der Waals surface area contributed by atoms with Gasteiger partial charge in [-0.15, -0.1) is 0 Å². The van der Waals surface area contributed by atoms with Gasteiger partial charge >= 0.3 is 5.97 Å². The summed E-state index contributed by atoms with van der Waals surface area (Å²) in [4.78, 5) is 10.9. The van der Waals surface area contributed by atoms with Gasteiger partial charge in [-0.2, -0.15) is 0 Å². The molecule has 0 atom stereocenters. The van der Waals surface area contributed by atoms with Crippen LogP contribution in [0.5, 0.6) is 5.75 Å². The molecule has 1 aromatic rings. The van der Waals surface area contributed by atoms with Gasteiger partial charge < -0.3 is 9.84 Å². The number of aromatic carboxylic acids is 1. The predicted octanol–water partition coefficient (Wildman–Crippen LogP) is 3.26. The fraction of sp³-hybridized carbons (Fsp3) is 0.500. The first-order chi connectivity index (χ1) is 8.16. The Morgan fingerprint density at radius 1 is 1.41 bits per heavy atom. The highest BCUT2D eigenvalue weighted by atomic mass is 16.5. The van der Waals surface area contributed by atoms with Crippen LogP contribution in [-0.2, 0) is 0 Å². The predicted molar refractivity (Wildman–Crippen MR) is 65.6 cm³/mol. The maximum atomic E-state index is 10.9. The molecule has 0 aromatic heterocycles. The molecule has 0 spiro atoms. The van der Waals surface area contributed by atoms with E-state index in [1.54, 1.807) is 18.2 Å². The normalized spacial score (nSPS) is 16.1. The zero-order valence-electron chi connectivity index (χ0n) is 10.1. The lowest BCUT2D eigenvalue weighted by atomic mass is 10.1. The third-order valence-electron chi connectivity index (χ3n) is 3.38. The fourth-order valence-corrected chi connectivity index (χ4v) is 2.27. The molecule has 1 aliphatic rings. The van der Waals surface area contributed by atoms with Crippen molar-refractivity contribution in [3.8, 4) is 5.75 Å². The Morgan fingerprint density at radius 3 is 2.76 bits per heavy atom. The van der Waals surface area contributed by atoms with Crippen LogP contribution in [0.2, 0.25) is 0 Å². The van der Waals surface area contributed by atoms with Crippen LogP contribution < -0.4 is 4.74 Å². The molecule has 0 saturated heterocycles. The molecule has 3 nitrogen and oxygen atoms in total. The lowest BCUT2D eigenvalue weighted by Gasteiger charge is -2.13. The van der Waals surface area contributed by atoms with Crippen LogP contribution in [0, 0.1) is 12.8 Å². The number of hydrogen-bond acceptors (Lipinski definition) is 2. The molecule has 1 N–H and O–H groups in total. The molecule has 1 aromatic carbocycles. The molecule has 0 amide bonds. The van der Waals surface area contributed by atoms with Crippen molar-refractivity contribution in [2.24, 2.45) is 5.92 Å². The standard InChI is InChI=1S/C14H18O3/c1-10-6-7-12(14(15)16)8-13(10)17-9-11-4-2-3-5-11/h6-8,11H,2-5,9H2,1H3,(H,15,16). The molecule has 17 heavy (non-hydrogen) atoms. The molecule has 2 rings (SSSR count). The molecule has 0 aliphatic heterocycles. The molecule has 0 heterocycles. The third-order valence-corrected chi connectivity index (χ3v) is 3.38. The first-order valence-electron chi connectivity index (χ1n) is 6.13. The van der Waals surface area contributed by atoms with E-state index in [0.717, 1.165) is 5.56 Å². The maximum absolute atomic E-state index is 10.9. The summed E-state index contributed by atoms with van der Waals surface area (Å²) in [5.74, 6) is 0.440. The number of rotatable bonds is 4. The number of carboxylic acid groups (broad SMARTS) is 1. The van der Waals surface area contributed by atoms with E-state index in [0.29, 0.717) is 18.3 Å². The number of carbonyl (C=O) groups is 1. The van der Waals surface area contributed by atoms with Crippen molar-refractivity contribution in [2.75, 3.05) is 6.61 Å². The Balaban J connectivity index is 2.03. The molecule has 3 heteroatoms. The Hall–Kier alpha value is -1.51. The van der Waals surface area contributed by atoms with Gasteiger partial charge in [0.2, 0.25) is 0 Å². The monoisotopic (exact) mass is 234 g/mol. The second kappa shape index (κ2) is 5.21. The highest BCUT2D eigenvalue weighted by Gasteiger charge is 2.16. The van der Waals surface area contributed by atoms with E-state index in [1.807, 2.05) is 6.92 Å². The number of benzene rings is 1. The number of hydrogen-bond donors (Lipinski definition) is 1. The first-order valence-corrected chi connectivity index (χ1v) is 6.13. The summed E-state index contributed by atoms with van der Waals surface area (Å²) in [5, 5.41) is 8.92. The molecule has 0 bridgehead atoms. The Bertz CT molecular complexity index is 406. The third kappa shape index (κ3) is 2.99. The van der Waals surface area contributed by atoms with Gasteiger partial charge in [-0.3, -0.25) is 0 Å². The summed E-state index contributed by atoms with van der Waals surface area (Å²) in [6.45, 7) is 2.65. The quantitative estimate of drug-likeness (QED) is 0.869. The topological polar surface area (TPSA) is 46.5 Å². The van der Waals surface area contributed by atoms with E-state index in [-0.39, 0.29) is 5.56 Å². The van der Waals surface area contributed by atoms with Crippen LogP contribution in [0.4, 0.5) is 0 Å². The first kappa shape index (κ1) is 12.0. The number of aryl methyl sites for hydroxylation is 1. The molecule has 0 unspecified atom stereocenters. The van der Waals surface area contributed by atoms with Crippen molar-refractivity contribution in [3.63, 3.8) is 0 Å². The number of ether oxygens (including phenoxy) is 1. The molecule has 1 aliphatic carbocycles. The maximum Gasteiger partial charge on any atom is 0.335 e. The molecule has 1 saturated carbocycles. The molecular weight excluding hydrogens is 216 g/mol. The Kier molecular flexibility index (Phi) is 3.67. The van der Waals surface area contributed by atoms with Gasteiger partial charge in [0.15, 0.2) is 0 Å². The van der Waals surface area contributed by atoms with Crippen LogP contribution in [0.25, 0.3) is 0 Å². The summed E-state index contributed by atoms with van der Waals surface area (Å²) in [6.07, 6.45) is 5.06. The molecule has 0 radical (unpaired) electrons. The zero-order valence-corrected chi connectivity index (χ0v) is 10.1. The summed E-state index contributed by atoms with van der Waals surface area (Å²) in [5.41, 5.74) is 1.28. The van der Waals surface area contributed by atoms with E-state index in [2.05, 4.69) is 0 Å². The van der Waals surface area contributed by atoms with Crippen molar-refractivity contribution >= 4 is 5.97 Å². The van der Waals surface area contributed by atoms with Gasteiger partial charge in [0.05, 0.1) is 12.2 Å². The van der Waals surface area contributed by atoms with E-state index < -0.39 is 5.97 Å². The largest absolute Gasteiger partial charge is 0.493 e. The molecule has 92 valence electrons. The molecule has 1 fully saturated rings. The zero-order chi connectivity index (χ0) is 12.3. The summed E-state index contributed by atoms with van der Waals surface area (Å²) in [6, 6.07) is 5.03. The lowest BCUT2D eigenvalue weighted by molar-refractivity contribution is 0.0696. The summed E-state index contributed by atoms with van der Waals surface area (Å²) in [7, 11) is 0. The van der Waals surface area contributed by atoms with Crippen LogP contribution in [0.3, 0.4) is 0 Å². The van der Waals surface area contributed by atoms with Gasteiger partial charge in [0.25, 0.3) is 0 Å². The molecular formula is C14H18O3. The van der Waals surface area contributed by atoms with Gasteiger partial charge in [-0.1, -0.05) is 18.9 Å². The van der Waals surface area contributed by atoms with Gasteiger partial charge in [-0.25, -0.2) is 4.79 Å². The van der Waals surface area contributed by atoms with Crippen molar-refractivity contribution < 1.29 is 14.6 Å². The van der Waals surface area contributed by atoms with E-state index in [4.69, 9.17) is 9.84 Å². The highest BCUT2D eigenvalue weighted by Crippen LogP contribution is 2.27. The van der Waals surface area contributed by atoms with Gasteiger partial charge in [0.1, 0.15) is 5.75 Å². The number of carboxylic acids is 1. The fourth-order valence-electron chi connectivity index (χ4n) is 2.27. The minimum Gasteiger partial charge on any atom is -0.493 e. The van der Waals surface area contributed by atoms with Gasteiger partial charge in [-0.05, 0) is 43.4 Å². The highest BCUT2D eigenvalue weighted by molar-refractivity contribution is 5.88. The van der Waals surface area contributed by atoms with Crippen LogP contribution in [-0.4, -0.2) is 17.7 Å². The summed E-state index contributed by atoms with van der Waals surface area (Å²) < 4.78 is 5.75. The van der Waals surface area contributed by atoms with Crippen LogP contribution in [0.15, 0.2) is 18.2 Å². The van der Waals surface area contributed by atoms with Crippen molar-refractivity contribution in [1.82, 2.24) is 0 Å². The average Bonchev–Trinajstić information content (AvgIpc) is 2.80. The van der Waals surface area contributed by atoms with E-state index in [1.165, 1.54) is 25.7 Å². The minimum atomic E-state index is -0.907.